The first kappa shape index (κ1) is 13.8. The van der Waals surface area contributed by atoms with E-state index < -0.39 is 0 Å². The van der Waals surface area contributed by atoms with Crippen molar-refractivity contribution in [2.75, 3.05) is 12.9 Å². The van der Waals surface area contributed by atoms with Gasteiger partial charge in [0, 0.05) is 12.4 Å². The molecule has 8 heteroatoms. The molecule has 0 saturated heterocycles. The second-order valence-electron chi connectivity index (χ2n) is 4.25. The van der Waals surface area contributed by atoms with Gasteiger partial charge in [0.15, 0.2) is 16.6 Å². The summed E-state index contributed by atoms with van der Waals surface area (Å²) in [4.78, 5) is 25.2. The van der Waals surface area contributed by atoms with E-state index >= 15 is 0 Å². The van der Waals surface area contributed by atoms with E-state index in [1.165, 1.54) is 22.6 Å². The Kier molecular flexibility index (Phi) is 3.72. The van der Waals surface area contributed by atoms with Gasteiger partial charge >= 0.3 is 0 Å². The van der Waals surface area contributed by atoms with Gasteiger partial charge in [-0.2, -0.15) is 0 Å². The van der Waals surface area contributed by atoms with Gasteiger partial charge < -0.3 is 5.11 Å². The van der Waals surface area contributed by atoms with Gasteiger partial charge in [-0.3, -0.25) is 4.79 Å². The van der Waals surface area contributed by atoms with Crippen LogP contribution in [0.1, 0.15) is 0 Å². The maximum Gasteiger partial charge on any atom is 0.278 e. The second kappa shape index (κ2) is 5.66. The highest BCUT2D eigenvalue weighted by molar-refractivity contribution is 7.98. The van der Waals surface area contributed by atoms with Crippen molar-refractivity contribution in [3.8, 4) is 5.82 Å². The van der Waals surface area contributed by atoms with Gasteiger partial charge in [-0.15, -0.1) is 0 Å². The van der Waals surface area contributed by atoms with Gasteiger partial charge in [-0.1, -0.05) is 17.8 Å². The molecular weight excluding hydrogens is 290 g/mol. The molecule has 3 aromatic heterocycles. The van der Waals surface area contributed by atoms with Crippen LogP contribution < -0.4 is 5.56 Å². The van der Waals surface area contributed by atoms with Gasteiger partial charge in [0.1, 0.15) is 5.39 Å². The van der Waals surface area contributed by atoms with E-state index in [9.17, 15) is 9.90 Å². The Balaban J connectivity index is 2.38. The van der Waals surface area contributed by atoms with Crippen LogP contribution >= 0.6 is 11.8 Å². The standard InChI is InChI=1S/C13H13N5O2S/c1-21-13-15-8-9-11(16-13)18(10-4-2-3-5-14-10)17(6-7-19)12(9)20/h2-5,8,19H,6-7H2,1H3. The number of pyridine rings is 1. The van der Waals surface area contributed by atoms with Crippen molar-refractivity contribution in [3.63, 3.8) is 0 Å². The zero-order valence-corrected chi connectivity index (χ0v) is 12.1. The summed E-state index contributed by atoms with van der Waals surface area (Å²) in [6.45, 7) is 0.0201. The summed E-state index contributed by atoms with van der Waals surface area (Å²) in [5.41, 5.74) is 0.254. The SMILES string of the molecule is CSc1ncc2c(=O)n(CCO)n(-c3ccccn3)c2n1. The number of rotatable bonds is 4. The molecule has 108 valence electrons. The number of aliphatic hydroxyl groups is 1. The normalized spacial score (nSPS) is 11.1. The Bertz CT molecular complexity index is 828. The molecule has 0 atom stereocenters. The molecular formula is C13H13N5O2S. The van der Waals surface area contributed by atoms with Crippen LogP contribution in [0.25, 0.3) is 16.9 Å². The average Bonchev–Trinajstić information content (AvgIpc) is 2.81. The molecule has 0 unspecified atom stereocenters. The molecule has 3 heterocycles. The summed E-state index contributed by atoms with van der Waals surface area (Å²) in [5, 5.41) is 10.2. The van der Waals surface area contributed by atoms with E-state index in [2.05, 4.69) is 15.0 Å². The number of nitrogens with zero attached hydrogens (tertiary/aromatic N) is 5. The highest BCUT2D eigenvalue weighted by Crippen LogP contribution is 2.16. The first-order valence-electron chi connectivity index (χ1n) is 6.31. The molecule has 0 aliphatic carbocycles. The van der Waals surface area contributed by atoms with Gasteiger partial charge in [0.25, 0.3) is 5.56 Å². The van der Waals surface area contributed by atoms with Crippen molar-refractivity contribution >= 4 is 22.8 Å². The number of aromatic nitrogens is 5. The van der Waals surface area contributed by atoms with E-state index in [-0.39, 0.29) is 18.7 Å². The van der Waals surface area contributed by atoms with Crippen LogP contribution in [-0.2, 0) is 6.54 Å². The Hall–Kier alpha value is -2.19. The minimum Gasteiger partial charge on any atom is -0.394 e. The molecule has 3 aromatic rings. The molecule has 0 fully saturated rings. The molecule has 0 aromatic carbocycles. The van der Waals surface area contributed by atoms with Crippen LogP contribution in [0.3, 0.4) is 0 Å². The second-order valence-corrected chi connectivity index (χ2v) is 5.02. The van der Waals surface area contributed by atoms with E-state index in [1.807, 2.05) is 12.3 Å². The third kappa shape index (κ3) is 2.32. The topological polar surface area (TPSA) is 85.8 Å². The highest BCUT2D eigenvalue weighted by Gasteiger charge is 2.17. The predicted molar refractivity (Wildman–Crippen MR) is 79.8 cm³/mol. The summed E-state index contributed by atoms with van der Waals surface area (Å²) in [6.07, 6.45) is 5.03. The van der Waals surface area contributed by atoms with Crippen molar-refractivity contribution < 1.29 is 5.11 Å². The van der Waals surface area contributed by atoms with Gasteiger partial charge in [0.05, 0.1) is 13.2 Å². The fourth-order valence-electron chi connectivity index (χ4n) is 2.12. The van der Waals surface area contributed by atoms with Crippen LogP contribution in [0.2, 0.25) is 0 Å². The number of hydrogen-bond acceptors (Lipinski definition) is 6. The van der Waals surface area contributed by atoms with E-state index in [0.29, 0.717) is 22.0 Å². The number of fused-ring (bicyclic) bond motifs is 1. The van der Waals surface area contributed by atoms with Crippen LogP contribution in [0.5, 0.6) is 0 Å². The van der Waals surface area contributed by atoms with Gasteiger partial charge in [-0.25, -0.2) is 24.3 Å². The Morgan fingerprint density at radius 1 is 1.33 bits per heavy atom. The summed E-state index contributed by atoms with van der Waals surface area (Å²) in [7, 11) is 0. The lowest BCUT2D eigenvalue weighted by atomic mass is 10.4. The minimum absolute atomic E-state index is 0.147. The zero-order valence-electron chi connectivity index (χ0n) is 11.3. The average molecular weight is 303 g/mol. The van der Waals surface area contributed by atoms with E-state index in [4.69, 9.17) is 0 Å². The third-order valence-corrected chi connectivity index (χ3v) is 3.58. The molecule has 3 rings (SSSR count). The van der Waals surface area contributed by atoms with Crippen LogP contribution in [-0.4, -0.2) is 42.3 Å². The van der Waals surface area contributed by atoms with E-state index in [0.717, 1.165) is 0 Å². The minimum atomic E-state index is -0.239. The van der Waals surface area contributed by atoms with E-state index in [1.54, 1.807) is 23.0 Å². The van der Waals surface area contributed by atoms with Crippen molar-refractivity contribution in [1.82, 2.24) is 24.3 Å². The predicted octanol–water partition coefficient (Wildman–Crippen LogP) is 0.691. The molecule has 0 bridgehead atoms. The molecule has 0 spiro atoms. The summed E-state index contributed by atoms with van der Waals surface area (Å²) in [5.74, 6) is 0.573. The molecule has 0 aliphatic heterocycles. The first-order valence-corrected chi connectivity index (χ1v) is 7.53. The zero-order chi connectivity index (χ0) is 14.8. The lowest BCUT2D eigenvalue weighted by Crippen LogP contribution is -2.24. The van der Waals surface area contributed by atoms with Crippen LogP contribution in [0.15, 0.2) is 40.5 Å². The Labute approximate surface area is 124 Å². The Morgan fingerprint density at radius 3 is 2.86 bits per heavy atom. The van der Waals surface area contributed by atoms with Crippen molar-refractivity contribution in [2.45, 2.75) is 11.7 Å². The quantitative estimate of drug-likeness (QED) is 0.564. The monoisotopic (exact) mass is 303 g/mol. The molecule has 7 nitrogen and oxygen atoms in total. The third-order valence-electron chi connectivity index (χ3n) is 3.01. The maximum absolute atomic E-state index is 12.4. The van der Waals surface area contributed by atoms with Crippen molar-refractivity contribution in [1.29, 1.82) is 0 Å². The molecule has 1 N–H and O–H groups in total. The fourth-order valence-corrected chi connectivity index (χ4v) is 2.46. The van der Waals surface area contributed by atoms with Gasteiger partial charge in [-0.05, 0) is 18.4 Å². The smallest absolute Gasteiger partial charge is 0.278 e. The van der Waals surface area contributed by atoms with Gasteiger partial charge in [0.2, 0.25) is 0 Å². The van der Waals surface area contributed by atoms with Crippen molar-refractivity contribution in [2.24, 2.45) is 0 Å². The number of hydrogen-bond donors (Lipinski definition) is 1. The summed E-state index contributed by atoms with van der Waals surface area (Å²) in [6, 6.07) is 5.41. The van der Waals surface area contributed by atoms with Crippen molar-refractivity contribution in [3.05, 3.63) is 40.9 Å². The largest absolute Gasteiger partial charge is 0.394 e. The fraction of sp³-hybridized carbons (Fsp3) is 0.231. The Morgan fingerprint density at radius 2 is 2.19 bits per heavy atom. The maximum atomic E-state index is 12.4. The first-order chi connectivity index (χ1) is 10.3. The lowest BCUT2D eigenvalue weighted by molar-refractivity contribution is 0.263. The molecule has 0 aliphatic rings. The lowest BCUT2D eigenvalue weighted by Gasteiger charge is -2.09. The molecule has 0 amide bonds. The summed E-state index contributed by atoms with van der Waals surface area (Å²) < 4.78 is 3.04. The molecule has 21 heavy (non-hydrogen) atoms. The van der Waals surface area contributed by atoms with Crippen LogP contribution in [0.4, 0.5) is 0 Å². The molecule has 0 radical (unpaired) electrons. The van der Waals surface area contributed by atoms with Crippen LogP contribution in [0, 0.1) is 0 Å². The summed E-state index contributed by atoms with van der Waals surface area (Å²) >= 11 is 1.40. The molecule has 0 saturated carbocycles. The number of aliphatic hydroxyl groups excluding tert-OH is 1. The highest BCUT2D eigenvalue weighted by atomic mass is 32.2. The number of thioether (sulfide) groups is 1.